The quantitative estimate of drug-likeness (QED) is 0.347. The van der Waals surface area contributed by atoms with Gasteiger partial charge in [0.25, 0.3) is 5.69 Å². The molecule has 0 unspecified atom stereocenters. The number of hydrogen-bond donors (Lipinski definition) is 0. The molecule has 2 aromatic carbocycles. The van der Waals surface area contributed by atoms with Crippen LogP contribution in [0.5, 0.6) is 17.2 Å². The summed E-state index contributed by atoms with van der Waals surface area (Å²) >= 11 is 0. The van der Waals surface area contributed by atoms with E-state index in [-0.39, 0.29) is 24.2 Å². The first-order valence-corrected chi connectivity index (χ1v) is 12.4. The second-order valence-electron chi connectivity index (χ2n) is 9.36. The smallest absolute Gasteiger partial charge is 0.269 e. The Hall–Kier alpha value is -3.29. The number of non-ortho nitro benzene ring substituents is 1. The predicted molar refractivity (Wildman–Crippen MR) is 132 cm³/mol. The Morgan fingerprint density at radius 3 is 2.40 bits per heavy atom. The molecular weight excluding hydrogens is 448 g/mol. The van der Waals surface area contributed by atoms with E-state index in [0.717, 1.165) is 24.0 Å². The van der Waals surface area contributed by atoms with Gasteiger partial charge in [0.05, 0.1) is 25.2 Å². The fourth-order valence-electron chi connectivity index (χ4n) is 5.29. The van der Waals surface area contributed by atoms with Gasteiger partial charge in [-0.3, -0.25) is 14.9 Å². The lowest BCUT2D eigenvalue weighted by Crippen LogP contribution is -2.42. The van der Waals surface area contributed by atoms with Crippen molar-refractivity contribution in [1.82, 2.24) is 4.90 Å². The van der Waals surface area contributed by atoms with E-state index in [1.807, 2.05) is 17.0 Å². The maximum Gasteiger partial charge on any atom is 0.269 e. The minimum absolute atomic E-state index is 0.0108. The third-order valence-electron chi connectivity index (χ3n) is 7.27. The Kier molecular flexibility index (Phi) is 8.10. The number of fused-ring (bicyclic) bond motifs is 1. The fourth-order valence-corrected chi connectivity index (χ4v) is 5.29. The maximum absolute atomic E-state index is 13.4. The molecule has 0 aromatic heterocycles. The van der Waals surface area contributed by atoms with Gasteiger partial charge in [-0.1, -0.05) is 32.1 Å². The zero-order valence-electron chi connectivity index (χ0n) is 20.5. The number of amides is 1. The first-order chi connectivity index (χ1) is 17.0. The van der Waals surface area contributed by atoms with Gasteiger partial charge in [-0.25, -0.2) is 0 Å². The highest BCUT2D eigenvalue weighted by atomic mass is 16.6. The third-order valence-corrected chi connectivity index (χ3v) is 7.27. The Balaban J connectivity index is 1.55. The van der Waals surface area contributed by atoms with Gasteiger partial charge in [0.1, 0.15) is 12.4 Å². The molecule has 1 atom stereocenters. The first-order valence-electron chi connectivity index (χ1n) is 12.4. The van der Waals surface area contributed by atoms with Gasteiger partial charge in [0.2, 0.25) is 5.91 Å². The maximum atomic E-state index is 13.4. The number of ether oxygens (including phenoxy) is 3. The number of carbonyl (C=O) groups is 1. The van der Waals surface area contributed by atoms with Crippen molar-refractivity contribution in [2.75, 3.05) is 27.4 Å². The number of benzene rings is 2. The van der Waals surface area contributed by atoms with E-state index < -0.39 is 4.92 Å². The minimum atomic E-state index is -0.437. The van der Waals surface area contributed by atoms with Crippen LogP contribution in [0.4, 0.5) is 5.69 Å². The van der Waals surface area contributed by atoms with Crippen LogP contribution in [0.1, 0.15) is 62.1 Å². The molecule has 0 N–H and O–H groups in total. The summed E-state index contributed by atoms with van der Waals surface area (Å²) in [6, 6.07) is 9.66. The standard InChI is InChI=1S/C27H34N2O6/c1-33-25-16-20-14-15-28(27(30)13-8-19-6-4-3-5-7-19)24(23(20)17-26(25)34-2)18-35-22-11-9-21(10-12-22)29(31)32/h9-12,16-17,19,24H,3-8,13-15,18H2,1-2H3/t24-/m1/s1. The molecule has 1 saturated carbocycles. The van der Waals surface area contributed by atoms with Gasteiger partial charge in [-0.2, -0.15) is 0 Å². The van der Waals surface area contributed by atoms with Crippen molar-refractivity contribution < 1.29 is 23.9 Å². The van der Waals surface area contributed by atoms with E-state index in [0.29, 0.717) is 36.1 Å². The van der Waals surface area contributed by atoms with Crippen LogP contribution in [-0.2, 0) is 11.2 Å². The number of methoxy groups -OCH3 is 2. The van der Waals surface area contributed by atoms with Gasteiger partial charge in [-0.15, -0.1) is 0 Å². The van der Waals surface area contributed by atoms with Crippen molar-refractivity contribution in [3.8, 4) is 17.2 Å². The topological polar surface area (TPSA) is 91.1 Å². The molecule has 1 heterocycles. The summed E-state index contributed by atoms with van der Waals surface area (Å²) in [5.41, 5.74) is 2.11. The van der Waals surface area contributed by atoms with Crippen LogP contribution in [0.15, 0.2) is 36.4 Å². The first kappa shape index (κ1) is 24.8. The molecule has 1 fully saturated rings. The number of hydrogen-bond acceptors (Lipinski definition) is 6. The zero-order chi connectivity index (χ0) is 24.8. The zero-order valence-corrected chi connectivity index (χ0v) is 20.5. The van der Waals surface area contributed by atoms with Crippen LogP contribution < -0.4 is 14.2 Å². The Morgan fingerprint density at radius 1 is 1.06 bits per heavy atom. The van der Waals surface area contributed by atoms with Gasteiger partial charge < -0.3 is 19.1 Å². The SMILES string of the molecule is COc1cc2c(cc1OC)[C@@H](COc1ccc([N+](=O)[O-])cc1)N(C(=O)CCC1CCCCC1)CC2. The molecule has 8 nitrogen and oxygen atoms in total. The summed E-state index contributed by atoms with van der Waals surface area (Å²) in [4.78, 5) is 25.9. The van der Waals surface area contributed by atoms with Crippen molar-refractivity contribution in [3.63, 3.8) is 0 Å². The average Bonchev–Trinajstić information content (AvgIpc) is 2.90. The highest BCUT2D eigenvalue weighted by Gasteiger charge is 2.33. The highest BCUT2D eigenvalue weighted by Crippen LogP contribution is 2.39. The lowest BCUT2D eigenvalue weighted by atomic mass is 9.85. The molecule has 188 valence electrons. The molecule has 0 bridgehead atoms. The number of carbonyl (C=O) groups excluding carboxylic acids is 1. The van der Waals surface area contributed by atoms with Crippen molar-refractivity contribution in [1.29, 1.82) is 0 Å². The van der Waals surface area contributed by atoms with Crippen molar-refractivity contribution >= 4 is 11.6 Å². The number of nitro benzene ring substituents is 1. The number of rotatable bonds is 9. The fraction of sp³-hybridized carbons (Fsp3) is 0.519. The van der Waals surface area contributed by atoms with Crippen molar-refractivity contribution in [3.05, 3.63) is 57.6 Å². The Morgan fingerprint density at radius 2 is 1.74 bits per heavy atom. The van der Waals surface area contributed by atoms with Gasteiger partial charge in [0, 0.05) is 25.1 Å². The Bertz CT molecular complexity index is 1030. The number of nitrogens with zero attached hydrogens (tertiary/aromatic N) is 2. The van der Waals surface area contributed by atoms with Crippen LogP contribution >= 0.6 is 0 Å². The molecule has 1 aliphatic carbocycles. The Labute approximate surface area is 206 Å². The molecule has 2 aromatic rings. The van der Waals surface area contributed by atoms with Crippen LogP contribution in [0.2, 0.25) is 0 Å². The van der Waals surface area contributed by atoms with Crippen molar-refractivity contribution in [2.45, 2.75) is 57.4 Å². The summed E-state index contributed by atoms with van der Waals surface area (Å²) in [6.07, 6.45) is 8.50. The predicted octanol–water partition coefficient (Wildman–Crippen LogP) is 5.48. The minimum Gasteiger partial charge on any atom is -0.493 e. The molecule has 1 aliphatic heterocycles. The van der Waals surface area contributed by atoms with Gasteiger partial charge in [-0.05, 0) is 54.2 Å². The molecule has 0 radical (unpaired) electrons. The summed E-state index contributed by atoms with van der Waals surface area (Å²) in [5, 5.41) is 11.0. The molecule has 8 heteroatoms. The second-order valence-corrected chi connectivity index (χ2v) is 9.36. The van der Waals surface area contributed by atoms with E-state index in [9.17, 15) is 14.9 Å². The highest BCUT2D eigenvalue weighted by molar-refractivity contribution is 5.77. The van der Waals surface area contributed by atoms with Gasteiger partial charge in [0.15, 0.2) is 11.5 Å². The van der Waals surface area contributed by atoms with E-state index in [2.05, 4.69) is 0 Å². The van der Waals surface area contributed by atoms with E-state index in [4.69, 9.17) is 14.2 Å². The molecule has 2 aliphatic rings. The normalized spacial score (nSPS) is 18.0. The molecular formula is C27H34N2O6. The van der Waals surface area contributed by atoms with Gasteiger partial charge >= 0.3 is 0 Å². The second kappa shape index (κ2) is 11.4. The van der Waals surface area contributed by atoms with E-state index >= 15 is 0 Å². The lowest BCUT2D eigenvalue weighted by Gasteiger charge is -2.38. The van der Waals surface area contributed by atoms with Crippen LogP contribution in [0, 0.1) is 16.0 Å². The van der Waals surface area contributed by atoms with E-state index in [1.54, 1.807) is 26.4 Å². The van der Waals surface area contributed by atoms with E-state index in [1.165, 1.54) is 44.2 Å². The summed E-state index contributed by atoms with van der Waals surface area (Å²) in [6.45, 7) is 0.857. The average molecular weight is 483 g/mol. The van der Waals surface area contributed by atoms with Crippen LogP contribution in [0.3, 0.4) is 0 Å². The summed E-state index contributed by atoms with van der Waals surface area (Å²) < 4.78 is 17.1. The molecule has 1 amide bonds. The van der Waals surface area contributed by atoms with Crippen molar-refractivity contribution in [2.24, 2.45) is 5.92 Å². The number of nitro groups is 1. The van der Waals surface area contributed by atoms with Crippen LogP contribution in [0.25, 0.3) is 0 Å². The largest absolute Gasteiger partial charge is 0.493 e. The lowest BCUT2D eigenvalue weighted by molar-refractivity contribution is -0.384. The molecule has 0 saturated heterocycles. The third kappa shape index (κ3) is 5.86. The molecule has 4 rings (SSSR count). The summed E-state index contributed by atoms with van der Waals surface area (Å²) in [5.74, 6) is 2.59. The molecule has 35 heavy (non-hydrogen) atoms. The monoisotopic (exact) mass is 482 g/mol. The van der Waals surface area contributed by atoms with Crippen LogP contribution in [-0.4, -0.2) is 43.1 Å². The molecule has 0 spiro atoms. The summed E-state index contributed by atoms with van der Waals surface area (Å²) in [7, 11) is 3.21.